The van der Waals surface area contributed by atoms with Gasteiger partial charge in [0.2, 0.25) is 5.91 Å². The molecular formula is C9H18BrNO3. The third-order valence-corrected chi connectivity index (χ3v) is 1.89. The van der Waals surface area contributed by atoms with Crippen LogP contribution in [0.2, 0.25) is 0 Å². The minimum Gasteiger partial charge on any atom is -0.394 e. The summed E-state index contributed by atoms with van der Waals surface area (Å²) >= 11 is 3.26. The molecule has 0 heterocycles. The molecular weight excluding hydrogens is 250 g/mol. The molecule has 0 unspecified atom stereocenters. The minimum atomic E-state index is -0.515. The highest BCUT2D eigenvalue weighted by Gasteiger charge is 2.22. The first-order valence-electron chi connectivity index (χ1n) is 4.64. The molecule has 0 saturated heterocycles. The number of ether oxygens (including phenoxy) is 1. The molecule has 0 radical (unpaired) electrons. The lowest BCUT2D eigenvalue weighted by Gasteiger charge is -2.15. The average Bonchev–Trinajstić information content (AvgIpc) is 2.09. The van der Waals surface area contributed by atoms with Crippen LogP contribution in [0.1, 0.15) is 20.3 Å². The number of carbonyl (C=O) groups excluding carboxylic acids is 1. The molecule has 4 nitrogen and oxygen atoms in total. The molecule has 0 rings (SSSR count). The molecule has 0 aromatic heterocycles. The van der Waals surface area contributed by atoms with Crippen LogP contribution in [0, 0.1) is 0 Å². The number of hydrogen-bond donors (Lipinski definition) is 2. The van der Waals surface area contributed by atoms with Crippen molar-refractivity contribution in [1.82, 2.24) is 5.32 Å². The van der Waals surface area contributed by atoms with E-state index in [1.807, 2.05) is 0 Å². The normalized spacial score (nSPS) is 11.4. The van der Waals surface area contributed by atoms with E-state index >= 15 is 0 Å². The Balaban J connectivity index is 3.33. The maximum Gasteiger partial charge on any atom is 0.236 e. The van der Waals surface area contributed by atoms with Crippen LogP contribution < -0.4 is 5.32 Å². The molecule has 0 saturated carbocycles. The Hall–Kier alpha value is -0.130. The molecule has 14 heavy (non-hydrogen) atoms. The van der Waals surface area contributed by atoms with Crippen molar-refractivity contribution in [3.05, 3.63) is 0 Å². The van der Waals surface area contributed by atoms with E-state index in [0.717, 1.165) is 6.42 Å². The summed E-state index contributed by atoms with van der Waals surface area (Å²) in [4.78, 5) is 11.3. The lowest BCUT2D eigenvalue weighted by Crippen LogP contribution is -2.38. The molecule has 0 fully saturated rings. The standard InChI is InChI=1S/C9H18BrNO3/c1-9(2,10)8(13)11-4-3-6-14-7-5-12/h12H,3-7H2,1-2H3,(H,11,13). The summed E-state index contributed by atoms with van der Waals surface area (Å²) in [5.41, 5.74) is 0. The number of carbonyl (C=O) groups is 1. The van der Waals surface area contributed by atoms with Crippen LogP contribution in [-0.4, -0.2) is 41.7 Å². The van der Waals surface area contributed by atoms with Gasteiger partial charge in [-0.2, -0.15) is 0 Å². The van der Waals surface area contributed by atoms with Crippen molar-refractivity contribution in [2.24, 2.45) is 0 Å². The maximum absolute atomic E-state index is 11.3. The van der Waals surface area contributed by atoms with Gasteiger partial charge in [-0.25, -0.2) is 0 Å². The van der Waals surface area contributed by atoms with E-state index in [-0.39, 0.29) is 12.5 Å². The van der Waals surface area contributed by atoms with Gasteiger partial charge in [-0.15, -0.1) is 0 Å². The van der Waals surface area contributed by atoms with Crippen molar-refractivity contribution >= 4 is 21.8 Å². The van der Waals surface area contributed by atoms with Crippen LogP contribution in [0.5, 0.6) is 0 Å². The van der Waals surface area contributed by atoms with Gasteiger partial charge in [-0.05, 0) is 20.3 Å². The number of alkyl halides is 1. The Kier molecular flexibility index (Phi) is 7.13. The fourth-order valence-electron chi connectivity index (χ4n) is 0.753. The second kappa shape index (κ2) is 7.20. The summed E-state index contributed by atoms with van der Waals surface area (Å²) < 4.78 is 4.52. The number of hydrogen-bond acceptors (Lipinski definition) is 3. The van der Waals surface area contributed by atoms with Gasteiger partial charge in [0.25, 0.3) is 0 Å². The van der Waals surface area contributed by atoms with Crippen LogP contribution in [0.15, 0.2) is 0 Å². The molecule has 0 atom stereocenters. The summed E-state index contributed by atoms with van der Waals surface area (Å²) in [6, 6.07) is 0. The number of rotatable bonds is 7. The predicted molar refractivity (Wildman–Crippen MR) is 58.5 cm³/mol. The van der Waals surface area contributed by atoms with Crippen molar-refractivity contribution in [3.63, 3.8) is 0 Å². The first kappa shape index (κ1) is 13.9. The zero-order valence-electron chi connectivity index (χ0n) is 8.68. The first-order valence-corrected chi connectivity index (χ1v) is 5.43. The molecule has 0 spiro atoms. The van der Waals surface area contributed by atoms with E-state index in [1.165, 1.54) is 0 Å². The van der Waals surface area contributed by atoms with E-state index in [0.29, 0.717) is 19.8 Å². The third-order valence-electron chi connectivity index (χ3n) is 1.53. The van der Waals surface area contributed by atoms with Crippen LogP contribution >= 0.6 is 15.9 Å². The second-order valence-corrected chi connectivity index (χ2v) is 5.40. The van der Waals surface area contributed by atoms with Gasteiger partial charge in [0, 0.05) is 13.2 Å². The highest BCUT2D eigenvalue weighted by atomic mass is 79.9. The van der Waals surface area contributed by atoms with Gasteiger partial charge < -0.3 is 15.2 Å². The predicted octanol–water partition coefficient (Wildman–Crippen LogP) is 0.675. The molecule has 0 aliphatic carbocycles. The van der Waals surface area contributed by atoms with Crippen LogP contribution in [-0.2, 0) is 9.53 Å². The lowest BCUT2D eigenvalue weighted by molar-refractivity contribution is -0.122. The number of aliphatic hydroxyl groups is 1. The van der Waals surface area contributed by atoms with Gasteiger partial charge in [-0.3, -0.25) is 4.79 Å². The van der Waals surface area contributed by atoms with Crippen LogP contribution in [0.3, 0.4) is 0 Å². The Bertz CT molecular complexity index is 168. The van der Waals surface area contributed by atoms with Gasteiger partial charge in [-0.1, -0.05) is 15.9 Å². The van der Waals surface area contributed by atoms with Gasteiger partial charge >= 0.3 is 0 Å². The van der Waals surface area contributed by atoms with E-state index in [9.17, 15) is 4.79 Å². The smallest absolute Gasteiger partial charge is 0.236 e. The highest BCUT2D eigenvalue weighted by molar-refractivity contribution is 9.10. The minimum absolute atomic E-state index is 0.0281. The quantitative estimate of drug-likeness (QED) is 0.527. The largest absolute Gasteiger partial charge is 0.394 e. The Morgan fingerprint density at radius 3 is 2.64 bits per heavy atom. The summed E-state index contributed by atoms with van der Waals surface area (Å²) in [5, 5.41) is 11.2. The highest BCUT2D eigenvalue weighted by Crippen LogP contribution is 2.14. The lowest BCUT2D eigenvalue weighted by atomic mass is 10.2. The second-order valence-electron chi connectivity index (χ2n) is 3.42. The number of halogens is 1. The van der Waals surface area contributed by atoms with Gasteiger partial charge in [0.05, 0.1) is 17.5 Å². The zero-order valence-corrected chi connectivity index (χ0v) is 10.3. The molecule has 5 heteroatoms. The summed E-state index contributed by atoms with van der Waals surface area (Å²) in [7, 11) is 0. The van der Waals surface area contributed by atoms with Gasteiger partial charge in [0.15, 0.2) is 0 Å². The molecule has 0 aliphatic rings. The first-order chi connectivity index (χ1) is 6.48. The Morgan fingerprint density at radius 1 is 1.50 bits per heavy atom. The summed E-state index contributed by atoms with van der Waals surface area (Å²) in [5.74, 6) is -0.0281. The molecule has 0 aliphatic heterocycles. The fourth-order valence-corrected chi connectivity index (χ4v) is 0.893. The van der Waals surface area contributed by atoms with E-state index in [1.54, 1.807) is 13.8 Å². The Labute approximate surface area is 93.1 Å². The van der Waals surface area contributed by atoms with E-state index in [4.69, 9.17) is 9.84 Å². The molecule has 0 aromatic rings. The van der Waals surface area contributed by atoms with Gasteiger partial charge in [0.1, 0.15) is 0 Å². The van der Waals surface area contributed by atoms with Crippen LogP contribution in [0.4, 0.5) is 0 Å². The molecule has 0 aromatic carbocycles. The molecule has 2 N–H and O–H groups in total. The van der Waals surface area contributed by atoms with E-state index in [2.05, 4.69) is 21.2 Å². The SMILES string of the molecule is CC(C)(Br)C(=O)NCCCOCCO. The van der Waals surface area contributed by atoms with Crippen LogP contribution in [0.25, 0.3) is 0 Å². The molecule has 0 bridgehead atoms. The average molecular weight is 268 g/mol. The summed E-state index contributed by atoms with van der Waals surface area (Å²) in [6.07, 6.45) is 0.759. The van der Waals surface area contributed by atoms with Crippen molar-refractivity contribution in [3.8, 4) is 0 Å². The monoisotopic (exact) mass is 267 g/mol. The number of aliphatic hydroxyl groups excluding tert-OH is 1. The van der Waals surface area contributed by atoms with Crippen molar-refractivity contribution in [2.45, 2.75) is 24.6 Å². The van der Waals surface area contributed by atoms with E-state index < -0.39 is 4.32 Å². The van der Waals surface area contributed by atoms with Crippen molar-refractivity contribution in [2.75, 3.05) is 26.4 Å². The molecule has 1 amide bonds. The zero-order chi connectivity index (χ0) is 11.0. The third kappa shape index (κ3) is 7.29. The Morgan fingerprint density at radius 2 is 2.14 bits per heavy atom. The number of amides is 1. The summed E-state index contributed by atoms with van der Waals surface area (Å²) in [6.45, 7) is 5.15. The number of nitrogens with one attached hydrogen (secondary N) is 1. The van der Waals surface area contributed by atoms with Crippen molar-refractivity contribution in [1.29, 1.82) is 0 Å². The molecule has 84 valence electrons. The van der Waals surface area contributed by atoms with Crippen molar-refractivity contribution < 1.29 is 14.6 Å². The topological polar surface area (TPSA) is 58.6 Å². The fraction of sp³-hybridized carbons (Fsp3) is 0.889. The maximum atomic E-state index is 11.3.